The molecule has 0 amide bonds. The maximum atomic E-state index is 13.2. The van der Waals surface area contributed by atoms with E-state index in [-0.39, 0.29) is 5.82 Å². The summed E-state index contributed by atoms with van der Waals surface area (Å²) < 4.78 is 15.3. The van der Waals surface area contributed by atoms with Crippen LogP contribution in [0.1, 0.15) is 24.6 Å². The molecule has 1 saturated carbocycles. The summed E-state index contributed by atoms with van der Waals surface area (Å²) in [5.41, 5.74) is 1.78. The molecule has 0 bridgehead atoms. The van der Waals surface area contributed by atoms with Crippen molar-refractivity contribution >= 4 is 22.9 Å². The third-order valence-electron chi connectivity index (χ3n) is 3.14. The Hall–Kier alpha value is -2.10. The smallest absolute Gasteiger partial charge is 0.328 e. The van der Waals surface area contributed by atoms with E-state index in [0.717, 1.165) is 35.5 Å². The maximum Gasteiger partial charge on any atom is 0.328 e. The van der Waals surface area contributed by atoms with Gasteiger partial charge in [0.15, 0.2) is 0 Å². The second kappa shape index (κ2) is 3.98. The van der Waals surface area contributed by atoms with Gasteiger partial charge >= 0.3 is 5.97 Å². The number of rotatable bonds is 3. The number of hydrogen-bond donors (Lipinski definition) is 1. The first kappa shape index (κ1) is 11.0. The number of hydrogen-bond acceptors (Lipinski definition) is 1. The average molecular weight is 245 g/mol. The van der Waals surface area contributed by atoms with Gasteiger partial charge in [0.1, 0.15) is 5.82 Å². The largest absolute Gasteiger partial charge is 0.478 e. The monoisotopic (exact) mass is 245 g/mol. The molecule has 0 radical (unpaired) electrons. The fraction of sp³-hybridized carbons (Fsp3) is 0.214. The summed E-state index contributed by atoms with van der Waals surface area (Å²) in [5, 5.41) is 9.49. The molecule has 1 heterocycles. The minimum Gasteiger partial charge on any atom is -0.478 e. The lowest BCUT2D eigenvalue weighted by molar-refractivity contribution is -0.131. The van der Waals surface area contributed by atoms with Crippen molar-refractivity contribution in [3.63, 3.8) is 0 Å². The number of aromatic nitrogens is 1. The van der Waals surface area contributed by atoms with E-state index in [1.165, 1.54) is 12.1 Å². The molecule has 2 aromatic rings. The van der Waals surface area contributed by atoms with Crippen LogP contribution < -0.4 is 0 Å². The standard InChI is InChI=1S/C14H12FNO2/c15-10-1-5-13-9(7-10)8-12(4-6-14(17)18)16(13)11-2-3-11/h1,4-8,11H,2-3H2,(H,17,18)/b6-4+. The van der Waals surface area contributed by atoms with E-state index in [4.69, 9.17) is 5.11 Å². The summed E-state index contributed by atoms with van der Waals surface area (Å²) in [6.45, 7) is 0. The van der Waals surface area contributed by atoms with Crippen molar-refractivity contribution in [1.29, 1.82) is 0 Å². The zero-order valence-corrected chi connectivity index (χ0v) is 9.64. The summed E-state index contributed by atoms with van der Waals surface area (Å²) in [7, 11) is 0. The van der Waals surface area contributed by atoms with Gasteiger partial charge in [0, 0.05) is 28.7 Å². The molecule has 18 heavy (non-hydrogen) atoms. The SMILES string of the molecule is O=C(O)/C=C/c1cc2cc(F)ccc2n1C1CC1. The first-order valence-corrected chi connectivity index (χ1v) is 5.86. The van der Waals surface area contributed by atoms with E-state index >= 15 is 0 Å². The zero-order valence-electron chi connectivity index (χ0n) is 9.64. The Kier molecular flexibility index (Phi) is 2.44. The quantitative estimate of drug-likeness (QED) is 0.844. The van der Waals surface area contributed by atoms with Gasteiger partial charge in [-0.05, 0) is 43.2 Å². The van der Waals surface area contributed by atoms with Gasteiger partial charge in [0.2, 0.25) is 0 Å². The van der Waals surface area contributed by atoms with Crippen LogP contribution in [0.2, 0.25) is 0 Å². The van der Waals surface area contributed by atoms with Gasteiger partial charge in [0.25, 0.3) is 0 Å². The van der Waals surface area contributed by atoms with Gasteiger partial charge < -0.3 is 9.67 Å². The van der Waals surface area contributed by atoms with Crippen LogP contribution in [0.4, 0.5) is 4.39 Å². The molecule has 0 unspecified atom stereocenters. The van der Waals surface area contributed by atoms with Gasteiger partial charge in [-0.25, -0.2) is 9.18 Å². The molecular weight excluding hydrogens is 233 g/mol. The van der Waals surface area contributed by atoms with Crippen molar-refractivity contribution < 1.29 is 14.3 Å². The number of carbonyl (C=O) groups is 1. The topological polar surface area (TPSA) is 42.2 Å². The van der Waals surface area contributed by atoms with Crippen LogP contribution in [0.3, 0.4) is 0 Å². The zero-order chi connectivity index (χ0) is 12.7. The minimum atomic E-state index is -0.978. The lowest BCUT2D eigenvalue weighted by Gasteiger charge is -2.05. The molecule has 0 aliphatic heterocycles. The molecule has 1 N–H and O–H groups in total. The summed E-state index contributed by atoms with van der Waals surface area (Å²) in [6, 6.07) is 6.91. The van der Waals surface area contributed by atoms with Crippen LogP contribution in [0.25, 0.3) is 17.0 Å². The highest BCUT2D eigenvalue weighted by molar-refractivity contribution is 5.88. The highest BCUT2D eigenvalue weighted by Crippen LogP contribution is 2.40. The Bertz CT molecular complexity index is 653. The van der Waals surface area contributed by atoms with Crippen molar-refractivity contribution in [1.82, 2.24) is 4.57 Å². The number of fused-ring (bicyclic) bond motifs is 1. The van der Waals surface area contributed by atoms with Gasteiger partial charge in [0.05, 0.1) is 0 Å². The van der Waals surface area contributed by atoms with Crippen molar-refractivity contribution in [2.24, 2.45) is 0 Å². The molecule has 3 rings (SSSR count). The second-order valence-corrected chi connectivity index (χ2v) is 4.55. The summed E-state index contributed by atoms with van der Waals surface area (Å²) >= 11 is 0. The fourth-order valence-corrected chi connectivity index (χ4v) is 2.25. The molecule has 1 aromatic carbocycles. The fourth-order valence-electron chi connectivity index (χ4n) is 2.25. The molecular formula is C14H12FNO2. The lowest BCUT2D eigenvalue weighted by atomic mass is 10.2. The number of carboxylic acid groups (broad SMARTS) is 1. The first-order chi connectivity index (χ1) is 8.65. The Balaban J connectivity index is 2.17. The summed E-state index contributed by atoms with van der Waals surface area (Å²) in [6.07, 6.45) is 4.87. The third kappa shape index (κ3) is 1.90. The van der Waals surface area contributed by atoms with Crippen LogP contribution in [0, 0.1) is 5.82 Å². The van der Waals surface area contributed by atoms with E-state index < -0.39 is 5.97 Å². The number of nitrogens with zero attached hydrogens (tertiary/aromatic N) is 1. The molecule has 92 valence electrons. The number of carboxylic acids is 1. The molecule has 1 aliphatic carbocycles. The second-order valence-electron chi connectivity index (χ2n) is 4.55. The molecule has 3 nitrogen and oxygen atoms in total. The highest BCUT2D eigenvalue weighted by atomic mass is 19.1. The van der Waals surface area contributed by atoms with E-state index in [0.29, 0.717) is 6.04 Å². The molecule has 0 atom stereocenters. The minimum absolute atomic E-state index is 0.274. The van der Waals surface area contributed by atoms with Crippen LogP contribution in [-0.2, 0) is 4.79 Å². The highest BCUT2D eigenvalue weighted by Gasteiger charge is 2.26. The van der Waals surface area contributed by atoms with Crippen LogP contribution >= 0.6 is 0 Å². The van der Waals surface area contributed by atoms with Gasteiger partial charge in [-0.15, -0.1) is 0 Å². The van der Waals surface area contributed by atoms with Crippen LogP contribution in [-0.4, -0.2) is 15.6 Å². The van der Waals surface area contributed by atoms with Crippen molar-refractivity contribution in [2.45, 2.75) is 18.9 Å². The summed E-state index contributed by atoms with van der Waals surface area (Å²) in [5.74, 6) is -1.25. The van der Waals surface area contributed by atoms with E-state index in [1.807, 2.05) is 6.07 Å². The predicted octanol–water partition coefficient (Wildman–Crippen LogP) is 3.21. The molecule has 1 aliphatic rings. The van der Waals surface area contributed by atoms with Crippen molar-refractivity contribution in [2.75, 3.05) is 0 Å². The van der Waals surface area contributed by atoms with E-state index in [1.54, 1.807) is 12.1 Å². The molecule has 4 heteroatoms. The first-order valence-electron chi connectivity index (χ1n) is 5.86. The predicted molar refractivity (Wildman–Crippen MR) is 66.8 cm³/mol. The molecule has 1 aromatic heterocycles. The van der Waals surface area contributed by atoms with Crippen LogP contribution in [0.15, 0.2) is 30.3 Å². The Morgan fingerprint density at radius 3 is 2.83 bits per heavy atom. The average Bonchev–Trinajstić information content (AvgIpc) is 3.08. The number of halogens is 1. The maximum absolute atomic E-state index is 13.2. The van der Waals surface area contributed by atoms with Gasteiger partial charge in [-0.1, -0.05) is 0 Å². The normalized spacial score (nSPS) is 15.6. The van der Waals surface area contributed by atoms with E-state index in [9.17, 15) is 9.18 Å². The number of benzene rings is 1. The Morgan fingerprint density at radius 1 is 1.39 bits per heavy atom. The van der Waals surface area contributed by atoms with Crippen molar-refractivity contribution in [3.05, 3.63) is 41.9 Å². The van der Waals surface area contributed by atoms with Crippen LogP contribution in [0.5, 0.6) is 0 Å². The van der Waals surface area contributed by atoms with Gasteiger partial charge in [-0.2, -0.15) is 0 Å². The molecule has 0 spiro atoms. The summed E-state index contributed by atoms with van der Waals surface area (Å²) in [4.78, 5) is 10.6. The lowest BCUT2D eigenvalue weighted by Crippen LogP contribution is -1.96. The molecule has 0 saturated heterocycles. The molecule has 1 fully saturated rings. The van der Waals surface area contributed by atoms with E-state index in [2.05, 4.69) is 4.57 Å². The van der Waals surface area contributed by atoms with Crippen molar-refractivity contribution in [3.8, 4) is 0 Å². The third-order valence-corrected chi connectivity index (χ3v) is 3.14. The van der Waals surface area contributed by atoms with Gasteiger partial charge in [-0.3, -0.25) is 0 Å². The Labute approximate surface area is 103 Å². The number of aliphatic carboxylic acids is 1. The Morgan fingerprint density at radius 2 is 2.17 bits per heavy atom.